The molecule has 28 heavy (non-hydrogen) atoms. The fourth-order valence-corrected chi connectivity index (χ4v) is 3.05. The van der Waals surface area contributed by atoms with Crippen LogP contribution in [0.15, 0.2) is 71.5 Å². The third-order valence-electron chi connectivity index (χ3n) is 4.07. The van der Waals surface area contributed by atoms with Crippen molar-refractivity contribution in [3.8, 4) is 11.3 Å². The lowest BCUT2D eigenvalue weighted by Gasteiger charge is -2.11. The van der Waals surface area contributed by atoms with Crippen LogP contribution < -0.4 is 10.6 Å². The molecule has 2 heterocycles. The van der Waals surface area contributed by atoms with Crippen LogP contribution in [0.25, 0.3) is 11.3 Å². The summed E-state index contributed by atoms with van der Waals surface area (Å²) in [6, 6.07) is 16.1. The number of aromatic nitrogens is 4. The van der Waals surface area contributed by atoms with E-state index in [1.54, 1.807) is 24.5 Å². The summed E-state index contributed by atoms with van der Waals surface area (Å²) in [5.41, 5.74) is 3.48. The number of nitrogens with one attached hydrogen (secondary N) is 2. The monoisotopic (exact) mass is 438 g/mol. The second-order valence-electron chi connectivity index (χ2n) is 6.07. The van der Waals surface area contributed by atoms with Gasteiger partial charge in [0.1, 0.15) is 11.6 Å². The van der Waals surface area contributed by atoms with Gasteiger partial charge in [0.25, 0.3) is 0 Å². The van der Waals surface area contributed by atoms with Crippen LogP contribution >= 0.6 is 15.9 Å². The quantitative estimate of drug-likeness (QED) is 0.444. The maximum absolute atomic E-state index is 13.4. The molecule has 0 radical (unpaired) electrons. The van der Waals surface area contributed by atoms with Crippen molar-refractivity contribution in [1.29, 1.82) is 0 Å². The van der Waals surface area contributed by atoms with E-state index in [1.165, 1.54) is 12.1 Å². The lowest BCUT2D eigenvalue weighted by molar-refractivity contribution is 0.628. The molecule has 4 aromatic rings. The van der Waals surface area contributed by atoms with Crippen LogP contribution in [0, 0.1) is 5.82 Å². The predicted octanol–water partition coefficient (Wildman–Crippen LogP) is 5.27. The highest BCUT2D eigenvalue weighted by molar-refractivity contribution is 9.10. The SMILES string of the molecule is Cn1nccc1-c1cccc(Nc2ncc(Br)c(Nc3cccc(F)c3)n2)c1. The van der Waals surface area contributed by atoms with E-state index in [0.29, 0.717) is 21.9 Å². The minimum Gasteiger partial charge on any atom is -0.339 e. The molecular weight excluding hydrogens is 423 g/mol. The molecule has 0 unspecified atom stereocenters. The van der Waals surface area contributed by atoms with E-state index in [-0.39, 0.29) is 5.82 Å². The summed E-state index contributed by atoms with van der Waals surface area (Å²) in [5.74, 6) is 0.635. The molecule has 0 bridgehead atoms. The van der Waals surface area contributed by atoms with Crippen LogP contribution in [0.4, 0.5) is 27.5 Å². The Kier molecular flexibility index (Phi) is 5.03. The molecule has 8 heteroatoms. The zero-order valence-corrected chi connectivity index (χ0v) is 16.5. The Balaban J connectivity index is 1.58. The molecule has 2 N–H and O–H groups in total. The number of benzene rings is 2. The van der Waals surface area contributed by atoms with Crippen molar-refractivity contribution in [3.05, 3.63) is 77.3 Å². The number of hydrogen-bond acceptors (Lipinski definition) is 5. The summed E-state index contributed by atoms with van der Waals surface area (Å²) in [5, 5.41) is 10.5. The molecule has 140 valence electrons. The van der Waals surface area contributed by atoms with Crippen molar-refractivity contribution in [3.63, 3.8) is 0 Å². The van der Waals surface area contributed by atoms with Gasteiger partial charge in [0.05, 0.1) is 10.2 Å². The zero-order valence-electron chi connectivity index (χ0n) is 14.9. The van der Waals surface area contributed by atoms with E-state index in [0.717, 1.165) is 16.9 Å². The maximum Gasteiger partial charge on any atom is 0.229 e. The fraction of sp³-hybridized carbons (Fsp3) is 0.0500. The number of anilines is 4. The van der Waals surface area contributed by atoms with Gasteiger partial charge >= 0.3 is 0 Å². The second-order valence-corrected chi connectivity index (χ2v) is 6.93. The van der Waals surface area contributed by atoms with Gasteiger partial charge in [-0.2, -0.15) is 10.1 Å². The number of aryl methyl sites for hydroxylation is 1. The topological polar surface area (TPSA) is 67.7 Å². The summed E-state index contributed by atoms with van der Waals surface area (Å²) in [7, 11) is 1.90. The highest BCUT2D eigenvalue weighted by Crippen LogP contribution is 2.27. The summed E-state index contributed by atoms with van der Waals surface area (Å²) in [6.45, 7) is 0. The molecule has 0 saturated carbocycles. The first-order chi connectivity index (χ1) is 13.6. The molecule has 0 fully saturated rings. The van der Waals surface area contributed by atoms with Crippen molar-refractivity contribution in [2.24, 2.45) is 7.05 Å². The van der Waals surface area contributed by atoms with E-state index in [9.17, 15) is 4.39 Å². The molecule has 0 saturated heterocycles. The normalized spacial score (nSPS) is 10.7. The van der Waals surface area contributed by atoms with Crippen LogP contribution in [0.5, 0.6) is 0 Å². The van der Waals surface area contributed by atoms with E-state index in [2.05, 4.69) is 41.6 Å². The predicted molar refractivity (Wildman–Crippen MR) is 111 cm³/mol. The van der Waals surface area contributed by atoms with Gasteiger partial charge in [0.15, 0.2) is 0 Å². The lowest BCUT2D eigenvalue weighted by atomic mass is 10.1. The Hall–Kier alpha value is -3.26. The maximum atomic E-state index is 13.4. The molecule has 0 amide bonds. The highest BCUT2D eigenvalue weighted by atomic mass is 79.9. The van der Waals surface area contributed by atoms with Crippen molar-refractivity contribution < 1.29 is 4.39 Å². The van der Waals surface area contributed by atoms with Crippen LogP contribution in [-0.2, 0) is 7.05 Å². The number of rotatable bonds is 5. The average molecular weight is 439 g/mol. The molecule has 4 rings (SSSR count). The minimum atomic E-state index is -0.319. The average Bonchev–Trinajstić information content (AvgIpc) is 3.11. The Labute approximate surface area is 169 Å². The van der Waals surface area contributed by atoms with Gasteiger partial charge in [0, 0.05) is 36.4 Å². The Morgan fingerprint density at radius 3 is 2.54 bits per heavy atom. The summed E-state index contributed by atoms with van der Waals surface area (Å²) in [6.07, 6.45) is 3.40. The van der Waals surface area contributed by atoms with Gasteiger partial charge in [-0.3, -0.25) is 4.68 Å². The molecule has 2 aromatic carbocycles. The van der Waals surface area contributed by atoms with Gasteiger partial charge in [-0.15, -0.1) is 0 Å². The second kappa shape index (κ2) is 7.77. The van der Waals surface area contributed by atoms with Crippen LogP contribution in [0.2, 0.25) is 0 Å². The van der Waals surface area contributed by atoms with Crippen LogP contribution in [0.3, 0.4) is 0 Å². The van der Waals surface area contributed by atoms with Crippen molar-refractivity contribution >= 4 is 39.1 Å². The number of nitrogens with zero attached hydrogens (tertiary/aromatic N) is 4. The third kappa shape index (κ3) is 4.01. The molecule has 0 aliphatic heterocycles. The largest absolute Gasteiger partial charge is 0.339 e. The molecule has 2 aromatic heterocycles. The molecule has 0 aliphatic carbocycles. The van der Waals surface area contributed by atoms with E-state index >= 15 is 0 Å². The van der Waals surface area contributed by atoms with Gasteiger partial charge < -0.3 is 10.6 Å². The summed E-state index contributed by atoms with van der Waals surface area (Å²) < 4.78 is 15.9. The molecule has 0 aliphatic rings. The lowest BCUT2D eigenvalue weighted by Crippen LogP contribution is -2.02. The number of hydrogen-bond donors (Lipinski definition) is 2. The first kappa shape index (κ1) is 18.1. The molecule has 6 nitrogen and oxygen atoms in total. The Morgan fingerprint density at radius 2 is 1.79 bits per heavy atom. The third-order valence-corrected chi connectivity index (χ3v) is 4.65. The minimum absolute atomic E-state index is 0.319. The molecule has 0 atom stereocenters. The highest BCUT2D eigenvalue weighted by Gasteiger charge is 2.08. The Morgan fingerprint density at radius 1 is 1.00 bits per heavy atom. The smallest absolute Gasteiger partial charge is 0.229 e. The van der Waals surface area contributed by atoms with Crippen molar-refractivity contribution in [2.45, 2.75) is 0 Å². The van der Waals surface area contributed by atoms with Crippen LogP contribution in [0.1, 0.15) is 0 Å². The molecule has 0 spiro atoms. The fourth-order valence-electron chi connectivity index (χ4n) is 2.76. The van der Waals surface area contributed by atoms with Gasteiger partial charge in [0.2, 0.25) is 5.95 Å². The summed E-state index contributed by atoms with van der Waals surface area (Å²) >= 11 is 3.42. The van der Waals surface area contributed by atoms with Gasteiger partial charge in [-0.05, 0) is 52.3 Å². The van der Waals surface area contributed by atoms with E-state index in [4.69, 9.17) is 0 Å². The zero-order chi connectivity index (χ0) is 19.5. The summed E-state index contributed by atoms with van der Waals surface area (Å²) in [4.78, 5) is 8.78. The first-order valence-corrected chi connectivity index (χ1v) is 9.28. The van der Waals surface area contributed by atoms with Crippen LogP contribution in [-0.4, -0.2) is 19.7 Å². The van der Waals surface area contributed by atoms with Crippen molar-refractivity contribution in [2.75, 3.05) is 10.6 Å². The van der Waals surface area contributed by atoms with Crippen molar-refractivity contribution in [1.82, 2.24) is 19.7 Å². The van der Waals surface area contributed by atoms with Gasteiger partial charge in [-0.25, -0.2) is 9.37 Å². The standard InChI is InChI=1S/C20H16BrFN6/c1-28-18(8-9-24-28)13-4-2-6-15(10-13)26-20-23-12-17(21)19(27-20)25-16-7-3-5-14(22)11-16/h2-12H,1H3,(H2,23,25,26,27). The molecular formula is C20H16BrFN6. The van der Waals surface area contributed by atoms with E-state index < -0.39 is 0 Å². The first-order valence-electron chi connectivity index (χ1n) is 8.49. The van der Waals surface area contributed by atoms with Gasteiger partial charge in [-0.1, -0.05) is 18.2 Å². The Bertz CT molecular complexity index is 1130. The van der Waals surface area contributed by atoms with E-state index in [1.807, 2.05) is 42.1 Å². The number of halogens is 2.